The van der Waals surface area contributed by atoms with E-state index >= 15 is 0 Å². The van der Waals surface area contributed by atoms with E-state index in [-0.39, 0.29) is 17.7 Å². The van der Waals surface area contributed by atoms with Crippen molar-refractivity contribution in [2.24, 2.45) is 0 Å². The Hall–Kier alpha value is -1.02. The second kappa shape index (κ2) is 7.50. The molecule has 1 aliphatic heterocycles. The number of hydrogen-bond acceptors (Lipinski definition) is 5. The van der Waals surface area contributed by atoms with Crippen molar-refractivity contribution in [3.8, 4) is 5.75 Å². The first-order valence-corrected chi connectivity index (χ1v) is 8.24. The molecule has 1 saturated heterocycles. The fourth-order valence-corrected chi connectivity index (χ4v) is 3.81. The van der Waals surface area contributed by atoms with Crippen molar-refractivity contribution in [3.63, 3.8) is 0 Å². The second-order valence-electron chi connectivity index (χ2n) is 4.34. The van der Waals surface area contributed by atoms with Crippen LogP contribution in [0.3, 0.4) is 0 Å². The molecule has 0 atom stereocenters. The third-order valence-corrected chi connectivity index (χ3v) is 4.69. The predicted molar refractivity (Wildman–Crippen MR) is 90.3 cm³/mol. The van der Waals surface area contributed by atoms with Crippen molar-refractivity contribution >= 4 is 56.5 Å². The van der Waals surface area contributed by atoms with E-state index in [2.05, 4.69) is 15.9 Å². The number of hydrogen-bond donors (Lipinski definition) is 0. The molecule has 2 amide bonds. The van der Waals surface area contributed by atoms with Gasteiger partial charge in [-0.25, -0.2) is 0 Å². The molecule has 0 bridgehead atoms. The minimum absolute atomic E-state index is 0.242. The van der Waals surface area contributed by atoms with Gasteiger partial charge in [0.25, 0.3) is 11.1 Å². The minimum atomic E-state index is -0.324. The molecule has 0 radical (unpaired) electrons. The summed E-state index contributed by atoms with van der Waals surface area (Å²) in [5.74, 6) is 0.196. The van der Waals surface area contributed by atoms with Gasteiger partial charge < -0.3 is 9.47 Å². The first-order chi connectivity index (χ1) is 10.5. The Bertz CT molecular complexity index is 627. The monoisotopic (exact) mass is 405 g/mol. The Balaban J connectivity index is 2.27. The second-order valence-corrected chi connectivity index (χ2v) is 6.60. The first kappa shape index (κ1) is 17.3. The van der Waals surface area contributed by atoms with Crippen LogP contribution in [0, 0.1) is 0 Å². The van der Waals surface area contributed by atoms with Gasteiger partial charge in [-0.3, -0.25) is 14.5 Å². The quantitative estimate of drug-likeness (QED) is 0.696. The van der Waals surface area contributed by atoms with E-state index in [1.165, 1.54) is 19.1 Å². The van der Waals surface area contributed by atoms with E-state index in [9.17, 15) is 9.59 Å². The Morgan fingerprint density at radius 3 is 2.68 bits per heavy atom. The van der Waals surface area contributed by atoms with Crippen molar-refractivity contribution in [1.82, 2.24) is 4.90 Å². The smallest absolute Gasteiger partial charge is 0.293 e. The van der Waals surface area contributed by atoms with Crippen molar-refractivity contribution in [1.29, 1.82) is 0 Å². The third kappa shape index (κ3) is 3.65. The largest absolute Gasteiger partial charge is 0.494 e. The van der Waals surface area contributed by atoms with Gasteiger partial charge in [0, 0.05) is 7.11 Å². The van der Waals surface area contributed by atoms with Gasteiger partial charge in [-0.2, -0.15) is 0 Å². The lowest BCUT2D eigenvalue weighted by Crippen LogP contribution is -2.31. The Morgan fingerprint density at radius 2 is 2.09 bits per heavy atom. The van der Waals surface area contributed by atoms with Crippen LogP contribution in [-0.4, -0.2) is 43.4 Å². The van der Waals surface area contributed by atoms with E-state index in [1.54, 1.807) is 18.2 Å². The summed E-state index contributed by atoms with van der Waals surface area (Å²) in [4.78, 5) is 25.6. The Kier molecular flexibility index (Phi) is 5.91. The Morgan fingerprint density at radius 1 is 1.36 bits per heavy atom. The molecule has 1 aliphatic rings. The van der Waals surface area contributed by atoms with Gasteiger partial charge in [-0.05, 0) is 51.5 Å². The molecule has 2 rings (SSSR count). The van der Waals surface area contributed by atoms with Crippen LogP contribution in [-0.2, 0) is 9.53 Å². The zero-order chi connectivity index (χ0) is 16.3. The third-order valence-electron chi connectivity index (χ3n) is 2.92. The van der Waals surface area contributed by atoms with Crippen LogP contribution in [0.25, 0.3) is 6.08 Å². The fraction of sp³-hybridized carbons (Fsp3) is 0.286. The van der Waals surface area contributed by atoms with Gasteiger partial charge >= 0.3 is 0 Å². The summed E-state index contributed by atoms with van der Waals surface area (Å²) in [5.41, 5.74) is 0.704. The molecule has 5 nitrogen and oxygen atoms in total. The highest BCUT2D eigenvalue weighted by Crippen LogP contribution is 2.37. The zero-order valence-corrected chi connectivity index (χ0v) is 15.0. The summed E-state index contributed by atoms with van der Waals surface area (Å²) in [7, 11) is 3.04. The fourth-order valence-electron chi connectivity index (χ4n) is 1.88. The molecular weight excluding hydrogens is 394 g/mol. The number of nitrogens with zero attached hydrogens (tertiary/aromatic N) is 1. The van der Waals surface area contributed by atoms with E-state index in [0.717, 1.165) is 11.8 Å². The number of imide groups is 1. The van der Waals surface area contributed by atoms with Crippen LogP contribution < -0.4 is 4.74 Å². The van der Waals surface area contributed by atoms with Crippen molar-refractivity contribution in [2.45, 2.75) is 0 Å². The lowest BCUT2D eigenvalue weighted by molar-refractivity contribution is -0.123. The number of benzene rings is 1. The van der Waals surface area contributed by atoms with Crippen LogP contribution in [0.5, 0.6) is 5.75 Å². The lowest BCUT2D eigenvalue weighted by Gasteiger charge is -2.10. The van der Waals surface area contributed by atoms with Gasteiger partial charge in [0.15, 0.2) is 5.75 Å². The van der Waals surface area contributed by atoms with Crippen molar-refractivity contribution in [2.75, 3.05) is 27.4 Å². The van der Waals surface area contributed by atoms with Crippen molar-refractivity contribution in [3.05, 3.63) is 32.1 Å². The molecule has 118 valence electrons. The summed E-state index contributed by atoms with van der Waals surface area (Å²) in [6.45, 7) is 0.552. The molecule has 0 unspecified atom stereocenters. The molecule has 0 saturated carbocycles. The SMILES string of the molecule is COCCN1C(=O)S/C(=C/c2cc(Cl)c(OC)c(Br)c2)C1=O. The van der Waals surface area contributed by atoms with Crippen LogP contribution in [0.15, 0.2) is 21.5 Å². The molecule has 1 aromatic rings. The Labute approximate surface area is 145 Å². The van der Waals surface area contributed by atoms with Crippen LogP contribution >= 0.6 is 39.3 Å². The number of methoxy groups -OCH3 is 2. The molecule has 8 heteroatoms. The molecule has 0 aromatic heterocycles. The summed E-state index contributed by atoms with van der Waals surface area (Å²) < 4.78 is 10.7. The topological polar surface area (TPSA) is 55.8 Å². The summed E-state index contributed by atoms with van der Waals surface area (Å²) in [6.07, 6.45) is 1.63. The van der Waals surface area contributed by atoms with E-state index < -0.39 is 0 Å². The average molecular weight is 407 g/mol. The number of halogens is 2. The van der Waals surface area contributed by atoms with Crippen LogP contribution in [0.1, 0.15) is 5.56 Å². The highest BCUT2D eigenvalue weighted by Gasteiger charge is 2.34. The maximum Gasteiger partial charge on any atom is 0.293 e. The van der Waals surface area contributed by atoms with Gasteiger partial charge in [0.05, 0.1) is 34.7 Å². The lowest BCUT2D eigenvalue weighted by atomic mass is 10.2. The minimum Gasteiger partial charge on any atom is -0.494 e. The van der Waals surface area contributed by atoms with E-state index in [4.69, 9.17) is 21.1 Å². The van der Waals surface area contributed by atoms with Gasteiger partial charge in [0.1, 0.15) is 0 Å². The van der Waals surface area contributed by atoms with Gasteiger partial charge in [-0.15, -0.1) is 0 Å². The van der Waals surface area contributed by atoms with Crippen LogP contribution in [0.4, 0.5) is 4.79 Å². The molecule has 22 heavy (non-hydrogen) atoms. The molecule has 0 spiro atoms. The molecule has 0 N–H and O–H groups in total. The summed E-state index contributed by atoms with van der Waals surface area (Å²) in [5, 5.41) is 0.119. The maximum absolute atomic E-state index is 12.2. The van der Waals surface area contributed by atoms with Crippen LogP contribution in [0.2, 0.25) is 5.02 Å². The number of rotatable bonds is 5. The highest BCUT2D eigenvalue weighted by atomic mass is 79.9. The number of thioether (sulfide) groups is 1. The molecule has 0 aliphatic carbocycles. The average Bonchev–Trinajstić information content (AvgIpc) is 2.71. The van der Waals surface area contributed by atoms with E-state index in [1.807, 2.05) is 0 Å². The molecule has 1 aromatic carbocycles. The van der Waals surface area contributed by atoms with Gasteiger partial charge in [-0.1, -0.05) is 11.6 Å². The highest BCUT2D eigenvalue weighted by molar-refractivity contribution is 9.10. The first-order valence-electron chi connectivity index (χ1n) is 6.25. The standard InChI is InChI=1S/C14H13BrClNO4S/c1-20-4-3-17-13(18)11(22-14(17)19)7-8-5-9(15)12(21-2)10(16)6-8/h5-7H,3-4H2,1-2H3/b11-7+. The molecular formula is C14H13BrClNO4S. The van der Waals surface area contributed by atoms with Gasteiger partial charge in [0.2, 0.25) is 0 Å². The van der Waals surface area contributed by atoms with E-state index in [0.29, 0.717) is 32.3 Å². The van der Waals surface area contributed by atoms with Crippen molar-refractivity contribution < 1.29 is 19.1 Å². The number of carbonyl (C=O) groups excluding carboxylic acids is 2. The number of carbonyl (C=O) groups is 2. The zero-order valence-electron chi connectivity index (χ0n) is 11.9. The molecule has 1 heterocycles. The summed E-state index contributed by atoms with van der Waals surface area (Å²) in [6, 6.07) is 3.45. The maximum atomic E-state index is 12.2. The molecule has 1 fully saturated rings. The number of amides is 2. The predicted octanol–water partition coefficient (Wildman–Crippen LogP) is 3.79. The number of ether oxygens (including phenoxy) is 2. The normalized spacial score (nSPS) is 16.7. The summed E-state index contributed by atoms with van der Waals surface area (Å²) >= 11 is 10.4.